The molecule has 1 amide bonds. The number of rotatable bonds is 9. The van der Waals surface area contributed by atoms with Crippen LogP contribution in [0.25, 0.3) is 0 Å². The summed E-state index contributed by atoms with van der Waals surface area (Å²) in [5.41, 5.74) is 2.58. The molecule has 27 heavy (non-hydrogen) atoms. The molecule has 0 aromatic rings. The first-order chi connectivity index (χ1) is 12.6. The number of hydrogen-bond acceptors (Lipinski definition) is 6. The van der Waals surface area contributed by atoms with Gasteiger partial charge in [-0.15, -0.1) is 11.6 Å². The van der Waals surface area contributed by atoms with Crippen LogP contribution >= 0.6 is 19.2 Å². The highest BCUT2D eigenvalue weighted by Gasteiger charge is 2.37. The normalized spacial score (nSPS) is 25.3. The molecule has 1 N–H and O–H groups in total. The van der Waals surface area contributed by atoms with E-state index in [1.54, 1.807) is 20.8 Å². The lowest BCUT2D eigenvalue weighted by Crippen LogP contribution is -2.38. The fraction of sp³-hybridized carbons (Fsp3) is 0.889. The van der Waals surface area contributed by atoms with Gasteiger partial charge in [0.25, 0.3) is 0 Å². The molecule has 0 aliphatic heterocycles. The molecule has 0 saturated heterocycles. The van der Waals surface area contributed by atoms with Crippen molar-refractivity contribution in [1.29, 1.82) is 0 Å². The molecular weight excluding hydrogens is 391 g/mol. The molecular formula is C18H34ClN2O5P. The van der Waals surface area contributed by atoms with Gasteiger partial charge in [0.1, 0.15) is 6.10 Å². The largest absolute Gasteiger partial charge is 0.445 e. The lowest BCUT2D eigenvalue weighted by Gasteiger charge is -2.36. The van der Waals surface area contributed by atoms with Crippen LogP contribution < -0.4 is 5.43 Å². The third-order valence-corrected chi connectivity index (χ3v) is 7.98. The molecule has 0 spiro atoms. The minimum Gasteiger partial charge on any atom is -0.445 e. The van der Waals surface area contributed by atoms with Crippen LogP contribution in [0, 0.1) is 17.8 Å². The van der Waals surface area contributed by atoms with Crippen LogP contribution in [0.4, 0.5) is 4.79 Å². The topological polar surface area (TPSA) is 86.2 Å². The zero-order chi connectivity index (χ0) is 20.6. The van der Waals surface area contributed by atoms with E-state index >= 15 is 0 Å². The van der Waals surface area contributed by atoms with E-state index in [1.807, 2.05) is 0 Å². The van der Waals surface area contributed by atoms with E-state index < -0.39 is 18.8 Å². The number of carbonyl (C=O) groups excluding carboxylic acids is 1. The molecule has 0 radical (unpaired) electrons. The summed E-state index contributed by atoms with van der Waals surface area (Å²) in [5, 5.41) is 2.85. The molecule has 0 bridgehead atoms. The molecule has 0 aromatic heterocycles. The van der Waals surface area contributed by atoms with E-state index in [0.717, 1.165) is 19.3 Å². The maximum Gasteiger partial charge on any atom is 0.428 e. The zero-order valence-corrected chi connectivity index (χ0v) is 18.9. The summed E-state index contributed by atoms with van der Waals surface area (Å²) in [6.07, 6.45) is 2.29. The highest BCUT2D eigenvalue weighted by Crippen LogP contribution is 2.55. The third-order valence-electron chi connectivity index (χ3n) is 4.78. The van der Waals surface area contributed by atoms with Crippen molar-refractivity contribution in [2.75, 3.05) is 13.2 Å². The van der Waals surface area contributed by atoms with Crippen LogP contribution in [-0.2, 0) is 18.3 Å². The molecule has 0 heterocycles. The van der Waals surface area contributed by atoms with Crippen molar-refractivity contribution in [2.24, 2.45) is 22.9 Å². The van der Waals surface area contributed by atoms with Crippen LogP contribution in [0.2, 0.25) is 0 Å². The zero-order valence-electron chi connectivity index (χ0n) is 17.2. The van der Waals surface area contributed by atoms with Crippen LogP contribution in [-0.4, -0.2) is 36.2 Å². The van der Waals surface area contributed by atoms with Gasteiger partial charge in [0.05, 0.1) is 18.9 Å². The molecule has 4 atom stereocenters. The maximum atomic E-state index is 12.7. The fourth-order valence-corrected chi connectivity index (χ4v) is 5.32. The summed E-state index contributed by atoms with van der Waals surface area (Å²) in [6, 6.07) is 0. The summed E-state index contributed by atoms with van der Waals surface area (Å²) in [7, 11) is -3.55. The Hall–Kier alpha value is -0.620. The summed E-state index contributed by atoms with van der Waals surface area (Å²) < 4.78 is 28.7. The van der Waals surface area contributed by atoms with Crippen LogP contribution in [0.3, 0.4) is 0 Å². The van der Waals surface area contributed by atoms with Gasteiger partial charge in [-0.1, -0.05) is 27.2 Å². The average Bonchev–Trinajstić information content (AvgIpc) is 2.59. The number of halogens is 1. The number of carbonyl (C=O) groups is 1. The average molecular weight is 425 g/mol. The first-order valence-corrected chi connectivity index (χ1v) is 11.7. The Bertz CT molecular complexity index is 548. The van der Waals surface area contributed by atoms with E-state index in [-0.39, 0.29) is 25.0 Å². The summed E-state index contributed by atoms with van der Waals surface area (Å²) in [4.78, 5) is 12.2. The predicted molar refractivity (Wildman–Crippen MR) is 108 cm³/mol. The van der Waals surface area contributed by atoms with E-state index in [1.165, 1.54) is 0 Å². The van der Waals surface area contributed by atoms with Gasteiger partial charge in [0.15, 0.2) is 5.12 Å². The van der Waals surface area contributed by atoms with E-state index in [0.29, 0.717) is 17.8 Å². The molecule has 158 valence electrons. The van der Waals surface area contributed by atoms with Gasteiger partial charge in [-0.25, -0.2) is 10.2 Å². The Labute approximate surface area is 168 Å². The minimum atomic E-state index is -3.55. The molecule has 1 aliphatic carbocycles. The molecule has 1 rings (SSSR count). The second-order valence-electron chi connectivity index (χ2n) is 7.35. The lowest BCUT2D eigenvalue weighted by atomic mass is 9.75. The van der Waals surface area contributed by atoms with E-state index in [9.17, 15) is 9.36 Å². The lowest BCUT2D eigenvalue weighted by molar-refractivity contribution is 0.00631. The Kier molecular flexibility index (Phi) is 10.3. The Balaban J connectivity index is 2.71. The smallest absolute Gasteiger partial charge is 0.428 e. The van der Waals surface area contributed by atoms with Crippen molar-refractivity contribution >= 4 is 31.0 Å². The standard InChI is InChI=1S/C18H34ClN2O5P/c1-7-24-27(23,25-8-2)17(19)14(6)20-21-18(22)26-16-11-13(5)9-10-15(16)12(3)4/h12-13,15-17H,7-11H2,1-6H3,(H,21,22)/b20-14-/t13-,15+,16-,17?/m1/s1. The second-order valence-corrected chi connectivity index (χ2v) is 10.2. The summed E-state index contributed by atoms with van der Waals surface area (Å²) in [5.74, 6) is 1.31. The Morgan fingerprint density at radius 1 is 1.26 bits per heavy atom. The SMILES string of the molecule is CCOP(=O)(OCC)C(Cl)/C(C)=N\NC(=O)O[C@@H]1C[C@H](C)CC[C@H]1C(C)C. The Morgan fingerprint density at radius 2 is 1.85 bits per heavy atom. The number of nitrogens with one attached hydrogen (secondary N) is 1. The highest BCUT2D eigenvalue weighted by molar-refractivity contribution is 7.57. The minimum absolute atomic E-state index is 0.131. The predicted octanol–water partition coefficient (Wildman–Crippen LogP) is 5.38. The third kappa shape index (κ3) is 7.37. The first-order valence-electron chi connectivity index (χ1n) is 9.68. The van der Waals surface area contributed by atoms with Crippen molar-refractivity contribution < 1.29 is 23.1 Å². The molecule has 7 nitrogen and oxygen atoms in total. The molecule has 1 unspecified atom stereocenters. The fourth-order valence-electron chi connectivity index (χ4n) is 3.36. The monoisotopic (exact) mass is 424 g/mol. The molecule has 1 fully saturated rings. The number of ether oxygens (including phenoxy) is 1. The van der Waals surface area contributed by atoms with Gasteiger partial charge in [-0.05, 0) is 51.4 Å². The van der Waals surface area contributed by atoms with Gasteiger partial charge in [0, 0.05) is 0 Å². The Morgan fingerprint density at radius 3 is 2.37 bits per heavy atom. The second kappa shape index (κ2) is 11.4. The molecule has 1 aliphatic rings. The number of hydrazone groups is 1. The van der Waals surface area contributed by atoms with E-state index in [2.05, 4.69) is 31.3 Å². The van der Waals surface area contributed by atoms with Gasteiger partial charge >= 0.3 is 13.7 Å². The highest BCUT2D eigenvalue weighted by atomic mass is 35.5. The van der Waals surface area contributed by atoms with Gasteiger partial charge in [-0.3, -0.25) is 4.57 Å². The van der Waals surface area contributed by atoms with Crippen molar-refractivity contribution in [3.05, 3.63) is 0 Å². The van der Waals surface area contributed by atoms with Crippen LogP contribution in [0.5, 0.6) is 0 Å². The van der Waals surface area contributed by atoms with Gasteiger partial charge in [-0.2, -0.15) is 5.10 Å². The van der Waals surface area contributed by atoms with E-state index in [4.69, 9.17) is 25.4 Å². The van der Waals surface area contributed by atoms with Crippen LogP contribution in [0.15, 0.2) is 5.10 Å². The first kappa shape index (κ1) is 24.4. The molecule has 0 aromatic carbocycles. The molecule has 9 heteroatoms. The maximum absolute atomic E-state index is 12.7. The van der Waals surface area contributed by atoms with Crippen molar-refractivity contribution in [3.8, 4) is 0 Å². The summed E-state index contributed by atoms with van der Waals surface area (Å²) >= 11 is 6.22. The number of nitrogens with zero attached hydrogens (tertiary/aromatic N) is 1. The van der Waals surface area contributed by atoms with Crippen molar-refractivity contribution in [3.63, 3.8) is 0 Å². The van der Waals surface area contributed by atoms with Gasteiger partial charge < -0.3 is 13.8 Å². The van der Waals surface area contributed by atoms with Gasteiger partial charge in [0.2, 0.25) is 0 Å². The number of alkyl halides is 1. The quantitative estimate of drug-likeness (QED) is 0.232. The van der Waals surface area contributed by atoms with Crippen LogP contribution in [0.1, 0.15) is 60.8 Å². The molecule has 1 saturated carbocycles. The summed E-state index contributed by atoms with van der Waals surface area (Å²) in [6.45, 7) is 11.8. The number of hydrogen-bond donors (Lipinski definition) is 1. The van der Waals surface area contributed by atoms with Crippen molar-refractivity contribution in [1.82, 2.24) is 5.43 Å². The number of amides is 1. The van der Waals surface area contributed by atoms with Crippen molar-refractivity contribution in [2.45, 2.75) is 72.0 Å².